The summed E-state index contributed by atoms with van der Waals surface area (Å²) in [6.07, 6.45) is 12.4. The van der Waals surface area contributed by atoms with E-state index in [4.69, 9.17) is 10.2 Å². The molecule has 5 heterocycles. The molecule has 0 amide bonds. The minimum absolute atomic E-state index is 0.210. The van der Waals surface area contributed by atoms with Gasteiger partial charge in [0, 0.05) is 46.7 Å². The molecule has 0 saturated heterocycles. The zero-order valence-corrected chi connectivity index (χ0v) is 21.4. The van der Waals surface area contributed by atoms with Gasteiger partial charge in [-0.1, -0.05) is 11.8 Å². The Morgan fingerprint density at radius 2 is 1.97 bits per heavy atom. The van der Waals surface area contributed by atoms with Gasteiger partial charge in [0.2, 0.25) is 0 Å². The lowest BCUT2D eigenvalue weighted by atomic mass is 9.93. The van der Waals surface area contributed by atoms with Gasteiger partial charge in [0.25, 0.3) is 0 Å². The van der Waals surface area contributed by atoms with E-state index in [2.05, 4.69) is 26.9 Å². The summed E-state index contributed by atoms with van der Waals surface area (Å²) < 4.78 is 9.30. The number of hydrogen-bond acceptors (Lipinski definition) is 8. The lowest BCUT2D eigenvalue weighted by Crippen LogP contribution is -2.21. The molecule has 0 bridgehead atoms. The Morgan fingerprint density at radius 1 is 1.16 bits per heavy atom. The number of thiophene rings is 1. The predicted octanol–water partition coefficient (Wildman–Crippen LogP) is 5.15. The molecule has 0 unspecified atom stereocenters. The van der Waals surface area contributed by atoms with E-state index in [0.29, 0.717) is 17.2 Å². The topological polar surface area (TPSA) is 123 Å². The van der Waals surface area contributed by atoms with Crippen LogP contribution in [0.1, 0.15) is 50.4 Å². The minimum Gasteiger partial charge on any atom is -0.452 e. The third-order valence-electron chi connectivity index (χ3n) is 6.76. The van der Waals surface area contributed by atoms with Gasteiger partial charge in [-0.25, -0.2) is 4.98 Å². The molecule has 1 aliphatic rings. The van der Waals surface area contributed by atoms with Crippen LogP contribution in [0, 0.1) is 11.8 Å². The fourth-order valence-corrected chi connectivity index (χ4v) is 5.92. The van der Waals surface area contributed by atoms with Crippen molar-refractivity contribution in [3.8, 4) is 34.3 Å². The number of fused-ring (bicyclic) bond motifs is 2. The van der Waals surface area contributed by atoms with Crippen LogP contribution in [0.4, 0.5) is 5.82 Å². The molecular weight excluding hydrogens is 486 g/mol. The van der Waals surface area contributed by atoms with Crippen molar-refractivity contribution in [3.63, 3.8) is 0 Å². The first-order valence-corrected chi connectivity index (χ1v) is 13.1. The lowest BCUT2D eigenvalue weighted by Gasteiger charge is -2.25. The molecule has 188 valence electrons. The molecule has 8 nitrogen and oxygen atoms in total. The lowest BCUT2D eigenvalue weighted by molar-refractivity contribution is 0.108. The van der Waals surface area contributed by atoms with Crippen molar-refractivity contribution < 1.29 is 14.6 Å². The van der Waals surface area contributed by atoms with Gasteiger partial charge in [-0.3, -0.25) is 9.67 Å². The van der Waals surface area contributed by atoms with Crippen LogP contribution in [-0.2, 0) is 0 Å². The molecule has 9 heteroatoms. The average Bonchev–Trinajstić information content (AvgIpc) is 3.60. The highest BCUT2D eigenvalue weighted by Crippen LogP contribution is 2.43. The van der Waals surface area contributed by atoms with Gasteiger partial charge >= 0.3 is 0 Å². The second-order valence-corrected chi connectivity index (χ2v) is 11.1. The Labute approximate surface area is 217 Å². The van der Waals surface area contributed by atoms with E-state index in [1.54, 1.807) is 32.4 Å². The summed E-state index contributed by atoms with van der Waals surface area (Å²) in [7, 11) is 0. The first-order chi connectivity index (χ1) is 17.8. The molecule has 5 aromatic heterocycles. The summed E-state index contributed by atoms with van der Waals surface area (Å²) >= 11 is 1.51. The van der Waals surface area contributed by atoms with Crippen molar-refractivity contribution in [3.05, 3.63) is 48.0 Å². The molecule has 0 aromatic carbocycles. The summed E-state index contributed by atoms with van der Waals surface area (Å²) in [6, 6.07) is 4.20. The van der Waals surface area contributed by atoms with Gasteiger partial charge in [0.15, 0.2) is 11.4 Å². The average molecular weight is 514 g/mol. The summed E-state index contributed by atoms with van der Waals surface area (Å²) in [4.78, 5) is 9.45. The zero-order valence-electron chi connectivity index (χ0n) is 20.6. The molecule has 0 spiro atoms. The van der Waals surface area contributed by atoms with Crippen molar-refractivity contribution in [1.29, 1.82) is 0 Å². The molecule has 1 fully saturated rings. The van der Waals surface area contributed by atoms with Gasteiger partial charge < -0.3 is 20.4 Å². The number of nitrogens with two attached hydrogens (primary N) is 1. The summed E-state index contributed by atoms with van der Waals surface area (Å²) in [5.74, 6) is 7.00. The Bertz CT molecular complexity index is 1670. The van der Waals surface area contributed by atoms with Gasteiger partial charge in [0.05, 0.1) is 33.5 Å². The van der Waals surface area contributed by atoms with Gasteiger partial charge in [-0.05, 0) is 51.7 Å². The smallest absolute Gasteiger partial charge is 0.177 e. The van der Waals surface area contributed by atoms with Gasteiger partial charge in [-0.2, -0.15) is 5.10 Å². The number of furan rings is 1. The highest BCUT2D eigenvalue weighted by Gasteiger charge is 2.24. The van der Waals surface area contributed by atoms with Crippen molar-refractivity contribution in [2.75, 3.05) is 5.73 Å². The molecule has 5 aromatic rings. The fraction of sp³-hybridized carbons (Fsp3) is 0.321. The van der Waals surface area contributed by atoms with Crippen LogP contribution in [0.3, 0.4) is 0 Å². The van der Waals surface area contributed by atoms with Crippen LogP contribution in [0.15, 0.2) is 47.5 Å². The molecule has 6 rings (SSSR count). The van der Waals surface area contributed by atoms with E-state index in [-0.39, 0.29) is 12.1 Å². The normalized spacial score (nSPS) is 18.3. The van der Waals surface area contributed by atoms with Crippen LogP contribution in [0.5, 0.6) is 0 Å². The maximum atomic E-state index is 10.2. The minimum atomic E-state index is -1.13. The first kappa shape index (κ1) is 23.7. The van der Waals surface area contributed by atoms with E-state index in [0.717, 1.165) is 62.7 Å². The number of aliphatic hydroxyl groups excluding tert-OH is 1. The molecule has 0 atom stereocenters. The first-order valence-electron chi connectivity index (χ1n) is 12.3. The van der Waals surface area contributed by atoms with Crippen molar-refractivity contribution in [2.24, 2.45) is 0 Å². The van der Waals surface area contributed by atoms with E-state index in [1.807, 2.05) is 29.2 Å². The summed E-state index contributed by atoms with van der Waals surface area (Å²) in [5.41, 5.74) is 8.29. The number of nitrogen functional groups attached to an aromatic ring is 1. The number of hydrogen-bond donors (Lipinski definition) is 3. The van der Waals surface area contributed by atoms with E-state index < -0.39 is 5.60 Å². The van der Waals surface area contributed by atoms with Crippen LogP contribution >= 0.6 is 11.3 Å². The quantitative estimate of drug-likeness (QED) is 0.285. The molecule has 0 aliphatic heterocycles. The van der Waals surface area contributed by atoms with E-state index >= 15 is 0 Å². The Balaban J connectivity index is 1.47. The third-order valence-corrected chi connectivity index (χ3v) is 7.82. The molecule has 1 saturated carbocycles. The second-order valence-electron chi connectivity index (χ2n) is 10.1. The second kappa shape index (κ2) is 8.99. The van der Waals surface area contributed by atoms with E-state index in [9.17, 15) is 10.2 Å². The number of aliphatic hydroxyl groups is 2. The van der Waals surface area contributed by atoms with Crippen LogP contribution in [0.2, 0.25) is 0 Å². The van der Waals surface area contributed by atoms with Crippen LogP contribution in [0.25, 0.3) is 43.5 Å². The summed E-state index contributed by atoms with van der Waals surface area (Å²) in [5, 5.41) is 26.5. The maximum Gasteiger partial charge on any atom is 0.177 e. The third kappa shape index (κ3) is 4.48. The number of rotatable bonds is 3. The Hall–Kier alpha value is -3.71. The summed E-state index contributed by atoms with van der Waals surface area (Å²) in [6.45, 7) is 3.31. The monoisotopic (exact) mass is 513 g/mol. The Kier molecular flexibility index (Phi) is 5.75. The number of nitrogens with zero attached hydrogens (tertiary/aromatic N) is 4. The highest BCUT2D eigenvalue weighted by atomic mass is 32.1. The molecule has 4 N–H and O–H groups in total. The van der Waals surface area contributed by atoms with Crippen LogP contribution in [-0.4, -0.2) is 41.7 Å². The highest BCUT2D eigenvalue weighted by molar-refractivity contribution is 7.20. The van der Waals surface area contributed by atoms with Crippen molar-refractivity contribution in [1.82, 2.24) is 19.7 Å². The SMILES string of the molecule is CC(C)(O)C#Cc1sc2cnccc2c1-c1cc2c(-c3cnn(C4CCC(O)CC4)c3)cnc(N)c2o1. The molecular formula is C28H27N5O3S. The molecule has 37 heavy (non-hydrogen) atoms. The molecule has 1 aliphatic carbocycles. The zero-order chi connectivity index (χ0) is 25.7. The standard InChI is InChI=1S/C28H27N5O3S/c1-28(2,35)9-7-23-25(19-8-10-30-14-24(19)37-23)22-11-20-21(13-31-27(29)26(20)36-22)16-12-32-33(15-16)17-3-5-18(34)6-4-17/h8,10-15,17-18,34-35H,3-6H2,1-2H3,(H2,29,31). The Morgan fingerprint density at radius 3 is 2.76 bits per heavy atom. The maximum absolute atomic E-state index is 10.2. The molecule has 0 radical (unpaired) electrons. The van der Waals surface area contributed by atoms with Crippen LogP contribution < -0.4 is 5.73 Å². The fourth-order valence-electron chi connectivity index (χ4n) is 4.89. The predicted molar refractivity (Wildman–Crippen MR) is 145 cm³/mol. The van der Waals surface area contributed by atoms with Crippen molar-refractivity contribution in [2.45, 2.75) is 57.3 Å². The van der Waals surface area contributed by atoms with Crippen molar-refractivity contribution >= 4 is 38.2 Å². The number of aromatic nitrogens is 4. The van der Waals surface area contributed by atoms with Gasteiger partial charge in [0.1, 0.15) is 11.4 Å². The van der Waals surface area contributed by atoms with Gasteiger partial charge in [-0.15, -0.1) is 11.3 Å². The van der Waals surface area contributed by atoms with E-state index in [1.165, 1.54) is 11.3 Å². The number of pyridine rings is 2. The largest absolute Gasteiger partial charge is 0.452 e. The number of anilines is 1.